The summed E-state index contributed by atoms with van der Waals surface area (Å²) in [6, 6.07) is 11.2. The minimum Gasteiger partial charge on any atom is -0.313 e. The SMILES string of the molecule is CS(=O)(=O)NCCCN[C@H]1CCCC[C@@H]1c1ccccc1. The van der Waals surface area contributed by atoms with Gasteiger partial charge < -0.3 is 5.32 Å². The molecule has 1 saturated carbocycles. The molecule has 0 aromatic heterocycles. The second-order valence-electron chi connectivity index (χ2n) is 5.88. The summed E-state index contributed by atoms with van der Waals surface area (Å²) in [6.07, 6.45) is 7.05. The third-order valence-electron chi connectivity index (χ3n) is 4.12. The molecule has 0 amide bonds. The smallest absolute Gasteiger partial charge is 0.208 e. The van der Waals surface area contributed by atoms with E-state index in [4.69, 9.17) is 0 Å². The van der Waals surface area contributed by atoms with Crippen molar-refractivity contribution in [2.45, 2.75) is 44.1 Å². The van der Waals surface area contributed by atoms with Crippen LogP contribution in [0.25, 0.3) is 0 Å². The highest BCUT2D eigenvalue weighted by Crippen LogP contribution is 2.32. The Balaban J connectivity index is 1.80. The zero-order valence-corrected chi connectivity index (χ0v) is 13.5. The quantitative estimate of drug-likeness (QED) is 0.759. The van der Waals surface area contributed by atoms with Gasteiger partial charge >= 0.3 is 0 Å². The van der Waals surface area contributed by atoms with Crippen LogP contribution in [0.2, 0.25) is 0 Å². The van der Waals surface area contributed by atoms with Crippen LogP contribution in [-0.4, -0.2) is 33.8 Å². The van der Waals surface area contributed by atoms with E-state index in [1.54, 1.807) is 0 Å². The molecule has 5 heteroatoms. The van der Waals surface area contributed by atoms with Gasteiger partial charge in [-0.15, -0.1) is 0 Å². The Morgan fingerprint density at radius 3 is 2.52 bits per heavy atom. The third-order valence-corrected chi connectivity index (χ3v) is 4.85. The highest BCUT2D eigenvalue weighted by atomic mass is 32.2. The molecule has 0 heterocycles. The molecule has 1 aliphatic rings. The maximum atomic E-state index is 11.0. The molecule has 0 radical (unpaired) electrons. The number of benzene rings is 1. The summed E-state index contributed by atoms with van der Waals surface area (Å²) in [4.78, 5) is 0. The van der Waals surface area contributed by atoms with E-state index in [2.05, 4.69) is 40.4 Å². The first-order chi connectivity index (χ1) is 10.1. The minimum absolute atomic E-state index is 0.508. The number of nitrogens with one attached hydrogen (secondary N) is 2. The maximum Gasteiger partial charge on any atom is 0.208 e. The Bertz CT molecular complexity index is 516. The number of hydrogen-bond acceptors (Lipinski definition) is 3. The van der Waals surface area contributed by atoms with Gasteiger partial charge in [-0.05, 0) is 37.3 Å². The topological polar surface area (TPSA) is 58.2 Å². The summed E-state index contributed by atoms with van der Waals surface area (Å²) in [6.45, 7) is 1.37. The van der Waals surface area contributed by atoms with Crippen molar-refractivity contribution >= 4 is 10.0 Å². The van der Waals surface area contributed by atoms with Crippen LogP contribution in [-0.2, 0) is 10.0 Å². The Labute approximate surface area is 128 Å². The van der Waals surface area contributed by atoms with Crippen LogP contribution in [0, 0.1) is 0 Å². The van der Waals surface area contributed by atoms with Gasteiger partial charge in [0.05, 0.1) is 6.26 Å². The molecule has 0 saturated heterocycles. The fourth-order valence-corrected chi connectivity index (χ4v) is 3.62. The largest absolute Gasteiger partial charge is 0.313 e. The lowest BCUT2D eigenvalue weighted by Crippen LogP contribution is -2.38. The van der Waals surface area contributed by atoms with Crippen molar-refractivity contribution in [2.24, 2.45) is 0 Å². The van der Waals surface area contributed by atoms with Gasteiger partial charge in [0.15, 0.2) is 0 Å². The third kappa shape index (κ3) is 5.77. The summed E-state index contributed by atoms with van der Waals surface area (Å²) in [5.41, 5.74) is 1.42. The van der Waals surface area contributed by atoms with Gasteiger partial charge in [0.1, 0.15) is 0 Å². The maximum absolute atomic E-state index is 11.0. The lowest BCUT2D eigenvalue weighted by molar-refractivity contribution is 0.327. The molecular weight excluding hydrogens is 284 g/mol. The van der Waals surface area contributed by atoms with E-state index in [1.807, 2.05) is 0 Å². The van der Waals surface area contributed by atoms with E-state index in [-0.39, 0.29) is 0 Å². The molecule has 4 nitrogen and oxygen atoms in total. The number of hydrogen-bond donors (Lipinski definition) is 2. The average Bonchev–Trinajstić information content (AvgIpc) is 2.47. The molecular formula is C16H26N2O2S. The molecule has 1 aliphatic carbocycles. The monoisotopic (exact) mass is 310 g/mol. The van der Waals surface area contributed by atoms with Gasteiger partial charge in [0, 0.05) is 12.6 Å². The lowest BCUT2D eigenvalue weighted by atomic mass is 9.80. The molecule has 1 aromatic carbocycles. The number of sulfonamides is 1. The van der Waals surface area contributed by atoms with Crippen molar-refractivity contribution in [1.82, 2.24) is 10.0 Å². The van der Waals surface area contributed by atoms with Crippen LogP contribution >= 0.6 is 0 Å². The van der Waals surface area contributed by atoms with Gasteiger partial charge in [-0.25, -0.2) is 13.1 Å². The van der Waals surface area contributed by atoms with Crippen LogP contribution in [0.5, 0.6) is 0 Å². The second kappa shape index (κ2) is 7.92. The molecule has 0 spiro atoms. The Morgan fingerprint density at radius 2 is 1.81 bits per heavy atom. The predicted octanol–water partition coefficient (Wildman–Crippen LogP) is 2.24. The lowest BCUT2D eigenvalue weighted by Gasteiger charge is -2.33. The zero-order chi connectivity index (χ0) is 15.1. The first-order valence-corrected chi connectivity index (χ1v) is 9.68. The molecule has 0 unspecified atom stereocenters. The molecule has 2 atom stereocenters. The van der Waals surface area contributed by atoms with Crippen LogP contribution in [0.4, 0.5) is 0 Å². The van der Waals surface area contributed by atoms with Gasteiger partial charge in [0.2, 0.25) is 10.0 Å². The van der Waals surface area contributed by atoms with Crippen molar-refractivity contribution in [1.29, 1.82) is 0 Å². The highest BCUT2D eigenvalue weighted by Gasteiger charge is 2.25. The van der Waals surface area contributed by atoms with Crippen molar-refractivity contribution in [2.75, 3.05) is 19.3 Å². The van der Waals surface area contributed by atoms with E-state index in [1.165, 1.54) is 37.5 Å². The minimum atomic E-state index is -3.06. The standard InChI is InChI=1S/C16H26N2O2S/c1-21(19,20)18-13-7-12-17-16-11-6-5-10-15(16)14-8-3-2-4-9-14/h2-4,8-9,15-18H,5-7,10-13H2,1H3/t15-,16+/m1/s1. The average molecular weight is 310 g/mol. The Hall–Kier alpha value is -0.910. The zero-order valence-electron chi connectivity index (χ0n) is 12.7. The van der Waals surface area contributed by atoms with Gasteiger partial charge in [-0.1, -0.05) is 43.2 Å². The van der Waals surface area contributed by atoms with Gasteiger partial charge in [-0.2, -0.15) is 0 Å². The molecule has 1 fully saturated rings. The van der Waals surface area contributed by atoms with Crippen molar-refractivity contribution < 1.29 is 8.42 Å². The van der Waals surface area contributed by atoms with E-state index in [0.717, 1.165) is 13.0 Å². The second-order valence-corrected chi connectivity index (χ2v) is 7.72. The molecule has 1 aromatic rings. The molecule has 0 bridgehead atoms. The van der Waals surface area contributed by atoms with E-state index in [9.17, 15) is 8.42 Å². The normalized spacial score (nSPS) is 23.1. The van der Waals surface area contributed by atoms with Crippen molar-refractivity contribution in [3.05, 3.63) is 35.9 Å². The molecule has 0 aliphatic heterocycles. The summed E-state index contributed by atoms with van der Waals surface area (Å²) in [5.74, 6) is 0.586. The van der Waals surface area contributed by atoms with E-state index < -0.39 is 10.0 Å². The van der Waals surface area contributed by atoms with Crippen LogP contribution in [0.1, 0.15) is 43.6 Å². The van der Waals surface area contributed by atoms with E-state index in [0.29, 0.717) is 18.5 Å². The summed E-state index contributed by atoms with van der Waals surface area (Å²) in [7, 11) is -3.06. The first-order valence-electron chi connectivity index (χ1n) is 7.79. The number of rotatable bonds is 7. The molecule has 2 N–H and O–H groups in total. The van der Waals surface area contributed by atoms with Crippen LogP contribution in [0.3, 0.4) is 0 Å². The first kappa shape index (κ1) is 16.5. The molecule has 2 rings (SSSR count). The van der Waals surface area contributed by atoms with Crippen molar-refractivity contribution in [3.63, 3.8) is 0 Å². The highest BCUT2D eigenvalue weighted by molar-refractivity contribution is 7.88. The molecule has 21 heavy (non-hydrogen) atoms. The Kier molecular flexibility index (Phi) is 6.21. The predicted molar refractivity (Wildman–Crippen MR) is 86.9 cm³/mol. The fourth-order valence-electron chi connectivity index (χ4n) is 3.11. The van der Waals surface area contributed by atoms with Crippen LogP contribution < -0.4 is 10.0 Å². The van der Waals surface area contributed by atoms with Gasteiger partial charge in [-0.3, -0.25) is 0 Å². The van der Waals surface area contributed by atoms with Crippen molar-refractivity contribution in [3.8, 4) is 0 Å². The molecule has 118 valence electrons. The summed E-state index contributed by atoms with van der Waals surface area (Å²) in [5, 5.41) is 3.62. The van der Waals surface area contributed by atoms with Crippen LogP contribution in [0.15, 0.2) is 30.3 Å². The van der Waals surface area contributed by atoms with E-state index >= 15 is 0 Å². The van der Waals surface area contributed by atoms with Gasteiger partial charge in [0.25, 0.3) is 0 Å². The summed E-state index contributed by atoms with van der Waals surface area (Å²) < 4.78 is 24.5. The summed E-state index contributed by atoms with van der Waals surface area (Å²) >= 11 is 0. The fraction of sp³-hybridized carbons (Fsp3) is 0.625. The Morgan fingerprint density at radius 1 is 1.10 bits per heavy atom.